The van der Waals surface area contributed by atoms with Crippen LogP contribution in [0.4, 0.5) is 10.7 Å². The van der Waals surface area contributed by atoms with Crippen molar-refractivity contribution in [1.82, 2.24) is 4.98 Å². The van der Waals surface area contributed by atoms with Crippen molar-refractivity contribution in [3.8, 4) is 0 Å². The fourth-order valence-electron chi connectivity index (χ4n) is 1.95. The Morgan fingerprint density at radius 3 is 2.76 bits per heavy atom. The molecule has 0 saturated heterocycles. The zero-order valence-corrected chi connectivity index (χ0v) is 12.8. The molecule has 0 aliphatic carbocycles. The number of aryl methyl sites for hydroxylation is 1. The fourth-order valence-corrected chi connectivity index (χ4v) is 2.93. The lowest BCUT2D eigenvalue weighted by atomic mass is 10.3. The van der Waals surface area contributed by atoms with Crippen molar-refractivity contribution in [1.29, 1.82) is 0 Å². The number of hydrogen-bond donors (Lipinski definition) is 0. The van der Waals surface area contributed by atoms with Crippen LogP contribution in [-0.4, -0.2) is 22.7 Å². The maximum Gasteiger partial charge on any atom is 0.304 e. The van der Waals surface area contributed by atoms with Crippen LogP contribution in [0.5, 0.6) is 0 Å². The van der Waals surface area contributed by atoms with E-state index >= 15 is 0 Å². The normalized spacial score (nSPS) is 10.4. The quantitative estimate of drug-likeness (QED) is 0.481. The molecule has 21 heavy (non-hydrogen) atoms. The Morgan fingerprint density at radius 1 is 1.48 bits per heavy atom. The van der Waals surface area contributed by atoms with E-state index in [9.17, 15) is 14.9 Å². The zero-order chi connectivity index (χ0) is 15.6. The van der Waals surface area contributed by atoms with E-state index in [1.807, 2.05) is 25.1 Å². The van der Waals surface area contributed by atoms with Gasteiger partial charge in [0.1, 0.15) is 0 Å². The maximum atomic E-state index is 11.4. The predicted octanol–water partition coefficient (Wildman–Crippen LogP) is 3.20. The second kappa shape index (κ2) is 6.01. The summed E-state index contributed by atoms with van der Waals surface area (Å²) in [6.07, 6.45) is 0. The van der Waals surface area contributed by atoms with Gasteiger partial charge in [-0.25, -0.2) is 0 Å². The molecule has 0 aliphatic rings. The number of nitrogens with zero attached hydrogens (tertiary/aromatic N) is 3. The lowest BCUT2D eigenvalue weighted by molar-refractivity contribution is -0.383. The highest BCUT2D eigenvalue weighted by Crippen LogP contribution is 2.37. The van der Waals surface area contributed by atoms with Crippen LogP contribution in [0.15, 0.2) is 24.3 Å². The van der Waals surface area contributed by atoms with Crippen molar-refractivity contribution in [2.24, 2.45) is 0 Å². The van der Waals surface area contributed by atoms with E-state index < -0.39 is 4.92 Å². The molecule has 7 heteroatoms. The Kier molecular flexibility index (Phi) is 4.32. The summed E-state index contributed by atoms with van der Waals surface area (Å²) in [5.74, 6) is -0.170. The van der Waals surface area contributed by atoms with Crippen LogP contribution in [0.1, 0.15) is 28.0 Å². The topological polar surface area (TPSA) is 76.3 Å². The van der Waals surface area contributed by atoms with Gasteiger partial charge in [0, 0.05) is 18.8 Å². The lowest BCUT2D eigenvalue weighted by Gasteiger charge is -2.16. The molecule has 0 atom stereocenters. The number of anilines is 1. The Bertz CT molecular complexity index is 697. The molecule has 2 aromatic rings. The lowest BCUT2D eigenvalue weighted by Crippen LogP contribution is -2.17. The minimum atomic E-state index is -0.460. The summed E-state index contributed by atoms with van der Waals surface area (Å²) < 4.78 is 0. The number of ketones is 1. The Hall–Kier alpha value is -2.28. The average Bonchev–Trinajstić information content (AvgIpc) is 2.84. The van der Waals surface area contributed by atoms with Gasteiger partial charge in [0.15, 0.2) is 10.8 Å². The number of rotatable bonds is 5. The van der Waals surface area contributed by atoms with Crippen molar-refractivity contribution in [2.45, 2.75) is 20.4 Å². The van der Waals surface area contributed by atoms with Crippen molar-refractivity contribution in [3.05, 3.63) is 50.6 Å². The maximum absolute atomic E-state index is 11.4. The molecule has 0 fully saturated rings. The third-order valence-electron chi connectivity index (χ3n) is 2.93. The third kappa shape index (κ3) is 3.43. The summed E-state index contributed by atoms with van der Waals surface area (Å²) in [6.45, 7) is 3.74. The van der Waals surface area contributed by atoms with Crippen molar-refractivity contribution < 1.29 is 9.72 Å². The van der Waals surface area contributed by atoms with Gasteiger partial charge in [-0.05, 0) is 26.0 Å². The largest absolute Gasteiger partial charge is 0.355 e. The van der Waals surface area contributed by atoms with E-state index in [4.69, 9.17) is 0 Å². The van der Waals surface area contributed by atoms with Gasteiger partial charge in [-0.3, -0.25) is 19.9 Å². The Labute approximate surface area is 126 Å². The Morgan fingerprint density at radius 2 is 2.19 bits per heavy atom. The molecule has 0 saturated carbocycles. The average molecular weight is 305 g/mol. The van der Waals surface area contributed by atoms with E-state index in [1.165, 1.54) is 13.0 Å². The monoisotopic (exact) mass is 305 g/mol. The second-order valence-electron chi connectivity index (χ2n) is 4.74. The molecular weight excluding hydrogens is 290 g/mol. The molecule has 0 radical (unpaired) electrons. The molecule has 0 N–H and O–H groups in total. The van der Waals surface area contributed by atoms with Gasteiger partial charge < -0.3 is 4.90 Å². The minimum Gasteiger partial charge on any atom is -0.355 e. The summed E-state index contributed by atoms with van der Waals surface area (Å²) in [5.41, 5.74) is 1.68. The van der Waals surface area contributed by atoms with E-state index in [0.717, 1.165) is 22.7 Å². The van der Waals surface area contributed by atoms with Gasteiger partial charge in [-0.15, -0.1) is 11.3 Å². The highest BCUT2D eigenvalue weighted by atomic mass is 32.1. The minimum absolute atomic E-state index is 0.0413. The third-order valence-corrected chi connectivity index (χ3v) is 4.27. The number of nitro groups is 1. The first-order valence-electron chi connectivity index (χ1n) is 6.31. The molecule has 0 amide bonds. The van der Waals surface area contributed by atoms with Gasteiger partial charge >= 0.3 is 5.69 Å². The smallest absolute Gasteiger partial charge is 0.304 e. The van der Waals surface area contributed by atoms with Crippen LogP contribution in [-0.2, 0) is 6.54 Å². The summed E-state index contributed by atoms with van der Waals surface area (Å²) in [7, 11) is 1.76. The van der Waals surface area contributed by atoms with Gasteiger partial charge in [0.25, 0.3) is 0 Å². The highest BCUT2D eigenvalue weighted by Gasteiger charge is 2.23. The van der Waals surface area contributed by atoms with Crippen LogP contribution in [0, 0.1) is 17.0 Å². The van der Waals surface area contributed by atoms with Crippen molar-refractivity contribution in [3.63, 3.8) is 0 Å². The predicted molar refractivity (Wildman–Crippen MR) is 82.1 cm³/mol. The molecule has 2 aromatic heterocycles. The van der Waals surface area contributed by atoms with Crippen LogP contribution in [0.2, 0.25) is 0 Å². The zero-order valence-electron chi connectivity index (χ0n) is 12.0. The summed E-state index contributed by atoms with van der Waals surface area (Å²) >= 11 is 1.13. The van der Waals surface area contributed by atoms with Crippen LogP contribution in [0.3, 0.4) is 0 Å². The molecule has 0 spiro atoms. The first-order chi connectivity index (χ1) is 9.88. The Balaban J connectivity index is 2.31. The van der Waals surface area contributed by atoms with Gasteiger partial charge in [0.05, 0.1) is 22.0 Å². The van der Waals surface area contributed by atoms with Crippen LogP contribution < -0.4 is 4.90 Å². The van der Waals surface area contributed by atoms with Crippen molar-refractivity contribution in [2.75, 3.05) is 11.9 Å². The number of carbonyl (C=O) groups is 1. The number of carbonyl (C=O) groups excluding carboxylic acids is 1. The fraction of sp³-hybridized carbons (Fsp3) is 0.286. The number of thiophene rings is 1. The molecule has 0 unspecified atom stereocenters. The molecule has 110 valence electrons. The number of Topliss-reactive ketones (excluding diaryl/α,β-unsaturated/α-hetero) is 1. The highest BCUT2D eigenvalue weighted by molar-refractivity contribution is 7.18. The number of hydrogen-bond acceptors (Lipinski definition) is 6. The van der Waals surface area contributed by atoms with Gasteiger partial charge in [-0.2, -0.15) is 0 Å². The first-order valence-corrected chi connectivity index (χ1v) is 7.13. The number of aromatic nitrogens is 1. The second-order valence-corrected chi connectivity index (χ2v) is 5.77. The molecule has 2 heterocycles. The van der Waals surface area contributed by atoms with Crippen molar-refractivity contribution >= 4 is 27.8 Å². The van der Waals surface area contributed by atoms with Gasteiger partial charge in [-0.1, -0.05) is 6.07 Å². The molecule has 0 aliphatic heterocycles. The molecule has 6 nitrogen and oxygen atoms in total. The standard InChI is InChI=1S/C14H15N3O3S/c1-9-5-4-6-11(15-9)8-16(3)14-12(17(19)20)7-13(21-14)10(2)18/h4-7H,8H2,1-3H3. The van der Waals surface area contributed by atoms with Crippen LogP contribution in [0.25, 0.3) is 0 Å². The summed E-state index contributed by atoms with van der Waals surface area (Å²) in [4.78, 5) is 28.6. The van der Waals surface area contributed by atoms with Crippen LogP contribution >= 0.6 is 11.3 Å². The molecular formula is C14H15N3O3S. The first kappa shape index (κ1) is 15.1. The summed E-state index contributed by atoms with van der Waals surface area (Å²) in [6, 6.07) is 7.00. The van der Waals surface area contributed by atoms with E-state index in [2.05, 4.69) is 4.98 Å². The van der Waals surface area contributed by atoms with E-state index in [0.29, 0.717) is 16.4 Å². The number of pyridine rings is 1. The molecule has 0 aromatic carbocycles. The van der Waals surface area contributed by atoms with Gasteiger partial charge in [0.2, 0.25) is 0 Å². The van der Waals surface area contributed by atoms with E-state index in [1.54, 1.807) is 11.9 Å². The summed E-state index contributed by atoms with van der Waals surface area (Å²) in [5, 5.41) is 11.6. The molecule has 0 bridgehead atoms. The molecule has 2 rings (SSSR count). The SMILES string of the molecule is CC(=O)c1cc([N+](=O)[O-])c(N(C)Cc2cccc(C)n2)s1. The van der Waals surface area contributed by atoms with E-state index in [-0.39, 0.29) is 11.5 Å².